The van der Waals surface area contributed by atoms with Crippen LogP contribution in [0.15, 0.2) is 42.5 Å². The summed E-state index contributed by atoms with van der Waals surface area (Å²) < 4.78 is 11.1. The van der Waals surface area contributed by atoms with E-state index in [9.17, 15) is 9.90 Å². The smallest absolute Gasteiger partial charge is 0.167 e. The molecule has 1 N–H and O–H groups in total. The molecule has 0 unspecified atom stereocenters. The zero-order valence-corrected chi connectivity index (χ0v) is 16.9. The van der Waals surface area contributed by atoms with Crippen LogP contribution in [0.3, 0.4) is 0 Å². The Hall–Kier alpha value is -2.53. The summed E-state index contributed by atoms with van der Waals surface area (Å²) in [5, 5.41) is 9.64. The molecule has 0 aliphatic carbocycles. The monoisotopic (exact) mass is 383 g/mol. The fourth-order valence-electron chi connectivity index (χ4n) is 3.75. The lowest BCUT2D eigenvalue weighted by atomic mass is 9.89. The predicted molar refractivity (Wildman–Crippen MR) is 109 cm³/mol. The topological polar surface area (TPSA) is 59.0 Å². The molecule has 1 atom stereocenters. The second-order valence-electron chi connectivity index (χ2n) is 7.63. The molecule has 0 saturated carbocycles. The molecule has 1 saturated heterocycles. The number of rotatable bonds is 7. The largest absolute Gasteiger partial charge is 0.508 e. The van der Waals surface area contributed by atoms with E-state index in [1.54, 1.807) is 19.2 Å². The molecule has 0 bridgehead atoms. The molecule has 0 aromatic heterocycles. The third-order valence-electron chi connectivity index (χ3n) is 5.03. The second kappa shape index (κ2) is 9.11. The molecule has 2 aromatic rings. The van der Waals surface area contributed by atoms with Gasteiger partial charge in [0.2, 0.25) is 0 Å². The van der Waals surface area contributed by atoms with Crippen LogP contribution in [-0.4, -0.2) is 42.1 Å². The van der Waals surface area contributed by atoms with Gasteiger partial charge in [0.1, 0.15) is 17.2 Å². The summed E-state index contributed by atoms with van der Waals surface area (Å²) in [6.45, 7) is 6.32. The molecule has 28 heavy (non-hydrogen) atoms. The molecule has 150 valence electrons. The molecule has 1 aliphatic rings. The lowest BCUT2D eigenvalue weighted by Crippen LogP contribution is -2.38. The number of aromatic hydroxyl groups is 1. The minimum atomic E-state index is -0.0221. The maximum atomic E-state index is 13.1. The summed E-state index contributed by atoms with van der Waals surface area (Å²) in [7, 11) is 1.60. The number of carbonyl (C=O) groups excluding carboxylic acids is 1. The first-order chi connectivity index (χ1) is 13.5. The fraction of sp³-hybridized carbons (Fsp3) is 0.435. The number of benzene rings is 2. The highest BCUT2D eigenvalue weighted by atomic mass is 16.5. The van der Waals surface area contributed by atoms with Crippen LogP contribution < -0.4 is 9.47 Å². The summed E-state index contributed by atoms with van der Waals surface area (Å²) in [6.07, 6.45) is 1.96. The van der Waals surface area contributed by atoms with Crippen LogP contribution >= 0.6 is 0 Å². The third kappa shape index (κ3) is 5.04. The zero-order valence-electron chi connectivity index (χ0n) is 16.9. The average Bonchev–Trinajstić information content (AvgIpc) is 2.68. The van der Waals surface area contributed by atoms with Crippen LogP contribution in [0.2, 0.25) is 0 Å². The lowest BCUT2D eigenvalue weighted by Gasteiger charge is -2.32. The van der Waals surface area contributed by atoms with E-state index in [-0.39, 0.29) is 23.6 Å². The Morgan fingerprint density at radius 3 is 2.82 bits per heavy atom. The van der Waals surface area contributed by atoms with Crippen molar-refractivity contribution >= 4 is 5.78 Å². The van der Waals surface area contributed by atoms with Gasteiger partial charge in [0.05, 0.1) is 13.2 Å². The Labute approximate surface area is 166 Å². The molecule has 2 aromatic carbocycles. The first-order valence-corrected chi connectivity index (χ1v) is 9.85. The number of hydrogen-bond donors (Lipinski definition) is 1. The van der Waals surface area contributed by atoms with Crippen molar-refractivity contribution in [3.05, 3.63) is 53.6 Å². The number of methoxy groups -OCH3 is 1. The Morgan fingerprint density at radius 1 is 1.25 bits per heavy atom. The zero-order chi connectivity index (χ0) is 20.1. The fourth-order valence-corrected chi connectivity index (χ4v) is 3.75. The normalized spacial score (nSPS) is 17.5. The Bertz CT molecular complexity index is 818. The molecule has 3 rings (SSSR count). The van der Waals surface area contributed by atoms with Crippen LogP contribution in [0, 0.1) is 5.92 Å². The summed E-state index contributed by atoms with van der Waals surface area (Å²) in [5.74, 6) is 1.76. The van der Waals surface area contributed by atoms with Gasteiger partial charge in [-0.15, -0.1) is 0 Å². The quantitative estimate of drug-likeness (QED) is 0.723. The van der Waals surface area contributed by atoms with Crippen molar-refractivity contribution < 1.29 is 19.4 Å². The number of ketones is 1. The Morgan fingerprint density at radius 2 is 2.07 bits per heavy atom. The van der Waals surface area contributed by atoms with Crippen LogP contribution in [0.5, 0.6) is 17.2 Å². The van der Waals surface area contributed by atoms with Gasteiger partial charge in [-0.3, -0.25) is 9.69 Å². The summed E-state index contributed by atoms with van der Waals surface area (Å²) in [5.41, 5.74) is 1.73. The van der Waals surface area contributed by atoms with Crippen molar-refractivity contribution in [3.8, 4) is 17.2 Å². The van der Waals surface area contributed by atoms with Crippen LogP contribution in [0.4, 0.5) is 0 Å². The van der Waals surface area contributed by atoms with Gasteiger partial charge in [-0.2, -0.15) is 0 Å². The van der Waals surface area contributed by atoms with Crippen LogP contribution in [0.25, 0.3) is 0 Å². The number of hydrogen-bond acceptors (Lipinski definition) is 5. The van der Waals surface area contributed by atoms with Crippen molar-refractivity contribution in [2.45, 2.75) is 39.3 Å². The van der Waals surface area contributed by atoms with Crippen molar-refractivity contribution in [1.29, 1.82) is 0 Å². The van der Waals surface area contributed by atoms with Gasteiger partial charge < -0.3 is 14.6 Å². The van der Waals surface area contributed by atoms with Gasteiger partial charge in [0.25, 0.3) is 0 Å². The first-order valence-electron chi connectivity index (χ1n) is 9.85. The second-order valence-corrected chi connectivity index (χ2v) is 7.63. The molecule has 5 heteroatoms. The van der Waals surface area contributed by atoms with E-state index in [0.29, 0.717) is 17.9 Å². The minimum absolute atomic E-state index is 0.0221. The van der Waals surface area contributed by atoms with Gasteiger partial charge in [0.15, 0.2) is 5.78 Å². The molecule has 0 spiro atoms. The van der Waals surface area contributed by atoms with E-state index in [1.807, 2.05) is 44.2 Å². The lowest BCUT2D eigenvalue weighted by molar-refractivity contribution is 0.0810. The molecular weight excluding hydrogens is 354 g/mol. The number of phenolic OH excluding ortho intramolecular Hbond substituents is 1. The number of nitrogens with zero attached hydrogens (tertiary/aromatic N) is 1. The third-order valence-corrected chi connectivity index (χ3v) is 5.03. The van der Waals surface area contributed by atoms with Crippen LogP contribution in [0.1, 0.15) is 42.6 Å². The highest BCUT2D eigenvalue weighted by Crippen LogP contribution is 2.28. The molecular formula is C23H29NO4. The number of likely N-dealkylation sites (tertiary alicyclic amines) is 1. The minimum Gasteiger partial charge on any atom is -0.508 e. The highest BCUT2D eigenvalue weighted by Gasteiger charge is 2.27. The number of piperidine rings is 1. The van der Waals surface area contributed by atoms with Crippen LogP contribution in [-0.2, 0) is 6.54 Å². The molecule has 0 amide bonds. The maximum absolute atomic E-state index is 13.1. The van der Waals surface area contributed by atoms with E-state index >= 15 is 0 Å². The number of ether oxygens (including phenoxy) is 2. The number of Topliss-reactive ketones (excluding diaryl/α,β-unsaturated/α-hetero) is 1. The number of carbonyl (C=O) groups is 1. The van der Waals surface area contributed by atoms with Crippen molar-refractivity contribution in [2.24, 2.45) is 5.92 Å². The van der Waals surface area contributed by atoms with E-state index in [2.05, 4.69) is 4.90 Å². The van der Waals surface area contributed by atoms with E-state index in [1.165, 1.54) is 0 Å². The first kappa shape index (κ1) is 20.2. The van der Waals surface area contributed by atoms with E-state index < -0.39 is 0 Å². The van der Waals surface area contributed by atoms with E-state index in [4.69, 9.17) is 9.47 Å². The summed E-state index contributed by atoms with van der Waals surface area (Å²) in [6, 6.07) is 12.7. The Balaban J connectivity index is 1.69. The summed E-state index contributed by atoms with van der Waals surface area (Å²) in [4.78, 5) is 15.4. The average molecular weight is 383 g/mol. The van der Waals surface area contributed by atoms with Crippen molar-refractivity contribution in [1.82, 2.24) is 4.90 Å². The van der Waals surface area contributed by atoms with E-state index in [0.717, 1.165) is 37.2 Å². The van der Waals surface area contributed by atoms with Gasteiger partial charge in [0, 0.05) is 36.2 Å². The van der Waals surface area contributed by atoms with Crippen molar-refractivity contribution in [3.63, 3.8) is 0 Å². The molecule has 1 heterocycles. The Kier molecular flexibility index (Phi) is 6.57. The summed E-state index contributed by atoms with van der Waals surface area (Å²) >= 11 is 0. The van der Waals surface area contributed by atoms with Gasteiger partial charge in [-0.05, 0) is 51.4 Å². The molecule has 1 fully saturated rings. The SMILES string of the molecule is COc1cc(O)ccc1CN1CCC[C@@H](C(=O)c2cccc(OC(C)C)c2)C1. The maximum Gasteiger partial charge on any atom is 0.167 e. The molecule has 0 radical (unpaired) electrons. The predicted octanol–water partition coefficient (Wildman–Crippen LogP) is 4.28. The molecule has 5 nitrogen and oxygen atoms in total. The highest BCUT2D eigenvalue weighted by molar-refractivity contribution is 5.98. The number of phenols is 1. The van der Waals surface area contributed by atoms with Gasteiger partial charge in [-0.1, -0.05) is 18.2 Å². The van der Waals surface area contributed by atoms with Gasteiger partial charge >= 0.3 is 0 Å². The van der Waals surface area contributed by atoms with Crippen molar-refractivity contribution in [2.75, 3.05) is 20.2 Å². The van der Waals surface area contributed by atoms with Gasteiger partial charge in [-0.25, -0.2) is 0 Å². The molecule has 1 aliphatic heterocycles. The standard InChI is InChI=1S/C23H29NO4/c1-16(2)28-21-8-4-6-17(12-21)23(26)19-7-5-11-24(15-19)14-18-9-10-20(25)13-22(18)27-3/h4,6,8-10,12-13,16,19,25H,5,7,11,14-15H2,1-3H3/t19-/m1/s1.